The predicted octanol–water partition coefficient (Wildman–Crippen LogP) is 3.62. The van der Waals surface area contributed by atoms with Crippen LogP contribution in [-0.4, -0.2) is 9.97 Å². The van der Waals surface area contributed by atoms with Crippen molar-refractivity contribution in [3.63, 3.8) is 0 Å². The van der Waals surface area contributed by atoms with Gasteiger partial charge in [-0.1, -0.05) is 51.9 Å². The van der Waals surface area contributed by atoms with E-state index in [-0.39, 0.29) is 6.04 Å². The topological polar surface area (TPSA) is 51.8 Å². The van der Waals surface area contributed by atoms with Gasteiger partial charge in [0, 0.05) is 12.2 Å². The Morgan fingerprint density at radius 1 is 1.12 bits per heavy atom. The number of nitrogens with two attached hydrogens (primary N) is 1. The smallest absolute Gasteiger partial charge is 0.115 e. The minimum Gasteiger partial charge on any atom is -0.323 e. The Labute approximate surface area is 105 Å². The molecule has 3 nitrogen and oxygen atoms in total. The molecule has 3 heteroatoms. The van der Waals surface area contributed by atoms with Crippen molar-refractivity contribution in [1.29, 1.82) is 0 Å². The Morgan fingerprint density at radius 2 is 1.82 bits per heavy atom. The molecule has 1 rings (SSSR count). The highest BCUT2D eigenvalue weighted by Gasteiger charge is 2.05. The predicted molar refractivity (Wildman–Crippen MR) is 71.6 cm³/mol. The maximum absolute atomic E-state index is 6.07. The fraction of sp³-hybridized carbons (Fsp3) is 0.714. The van der Waals surface area contributed by atoms with Crippen LogP contribution in [0.5, 0.6) is 0 Å². The molecule has 1 atom stereocenters. The van der Waals surface area contributed by atoms with Gasteiger partial charge in [0.1, 0.15) is 6.33 Å². The van der Waals surface area contributed by atoms with E-state index in [1.807, 2.05) is 6.07 Å². The van der Waals surface area contributed by atoms with E-state index in [0.29, 0.717) is 0 Å². The van der Waals surface area contributed by atoms with Crippen molar-refractivity contribution in [3.8, 4) is 0 Å². The Morgan fingerprint density at radius 3 is 2.47 bits per heavy atom. The van der Waals surface area contributed by atoms with Crippen LogP contribution in [0.2, 0.25) is 0 Å². The summed E-state index contributed by atoms with van der Waals surface area (Å²) in [5, 5.41) is 0. The number of rotatable bonds is 9. The molecule has 0 saturated heterocycles. The molecule has 17 heavy (non-hydrogen) atoms. The van der Waals surface area contributed by atoms with Gasteiger partial charge in [0.15, 0.2) is 0 Å². The van der Waals surface area contributed by atoms with Gasteiger partial charge in [-0.25, -0.2) is 9.97 Å². The molecule has 0 aromatic carbocycles. The van der Waals surface area contributed by atoms with Crippen LogP contribution in [0.3, 0.4) is 0 Å². The van der Waals surface area contributed by atoms with Crippen molar-refractivity contribution in [1.82, 2.24) is 9.97 Å². The van der Waals surface area contributed by atoms with E-state index in [2.05, 4.69) is 16.9 Å². The molecule has 0 radical (unpaired) electrons. The molecule has 0 spiro atoms. The van der Waals surface area contributed by atoms with Gasteiger partial charge in [-0.15, -0.1) is 0 Å². The second-order valence-electron chi connectivity index (χ2n) is 4.65. The van der Waals surface area contributed by atoms with E-state index in [9.17, 15) is 0 Å². The van der Waals surface area contributed by atoms with Crippen LogP contribution in [0.15, 0.2) is 18.6 Å². The zero-order valence-electron chi connectivity index (χ0n) is 10.9. The average Bonchev–Trinajstić information content (AvgIpc) is 2.38. The van der Waals surface area contributed by atoms with E-state index in [0.717, 1.165) is 12.1 Å². The van der Waals surface area contributed by atoms with E-state index in [4.69, 9.17) is 5.73 Å². The monoisotopic (exact) mass is 235 g/mol. The zero-order chi connectivity index (χ0) is 12.3. The van der Waals surface area contributed by atoms with E-state index in [1.165, 1.54) is 44.9 Å². The van der Waals surface area contributed by atoms with Crippen molar-refractivity contribution in [3.05, 3.63) is 24.3 Å². The molecule has 0 aliphatic rings. The zero-order valence-corrected chi connectivity index (χ0v) is 10.9. The van der Waals surface area contributed by atoms with Gasteiger partial charge >= 0.3 is 0 Å². The number of aromatic nitrogens is 2. The summed E-state index contributed by atoms with van der Waals surface area (Å²) in [7, 11) is 0. The first-order valence-corrected chi connectivity index (χ1v) is 6.86. The second-order valence-corrected chi connectivity index (χ2v) is 4.65. The average molecular weight is 235 g/mol. The molecule has 2 N–H and O–H groups in total. The third-order valence-electron chi connectivity index (χ3n) is 3.10. The number of unbranched alkanes of at least 4 members (excludes halogenated alkanes) is 6. The molecule has 1 unspecified atom stereocenters. The standard InChI is InChI=1S/C14H25N3/c1-2-3-4-5-6-7-8-9-13(15)14-10-11-16-12-17-14/h10-13H,2-9,15H2,1H3. The minimum atomic E-state index is 0.0774. The van der Waals surface area contributed by atoms with Crippen molar-refractivity contribution in [2.24, 2.45) is 5.73 Å². The molecule has 1 heterocycles. The highest BCUT2D eigenvalue weighted by atomic mass is 14.8. The summed E-state index contributed by atoms with van der Waals surface area (Å²) in [6.45, 7) is 2.25. The third kappa shape index (κ3) is 6.37. The summed E-state index contributed by atoms with van der Waals surface area (Å²) < 4.78 is 0. The van der Waals surface area contributed by atoms with Gasteiger partial charge < -0.3 is 5.73 Å². The summed E-state index contributed by atoms with van der Waals surface area (Å²) in [4.78, 5) is 8.08. The van der Waals surface area contributed by atoms with Crippen LogP contribution in [-0.2, 0) is 0 Å². The first kappa shape index (κ1) is 14.1. The highest BCUT2D eigenvalue weighted by molar-refractivity contribution is 5.03. The Balaban J connectivity index is 2.03. The number of hydrogen-bond donors (Lipinski definition) is 1. The molecule has 1 aromatic rings. The van der Waals surface area contributed by atoms with Gasteiger partial charge in [0.2, 0.25) is 0 Å². The molecular formula is C14H25N3. The maximum Gasteiger partial charge on any atom is 0.115 e. The maximum atomic E-state index is 6.07. The Kier molecular flexibility index (Phi) is 7.56. The lowest BCUT2D eigenvalue weighted by atomic mass is 10.0. The third-order valence-corrected chi connectivity index (χ3v) is 3.10. The molecule has 0 fully saturated rings. The van der Waals surface area contributed by atoms with Crippen LogP contribution in [0.25, 0.3) is 0 Å². The van der Waals surface area contributed by atoms with Gasteiger partial charge in [-0.2, -0.15) is 0 Å². The van der Waals surface area contributed by atoms with Gasteiger partial charge in [-0.05, 0) is 12.5 Å². The Hall–Kier alpha value is -0.960. The molecular weight excluding hydrogens is 210 g/mol. The van der Waals surface area contributed by atoms with Crippen LogP contribution in [0, 0.1) is 0 Å². The largest absolute Gasteiger partial charge is 0.323 e. The first-order chi connectivity index (χ1) is 8.34. The van der Waals surface area contributed by atoms with E-state index >= 15 is 0 Å². The molecule has 0 bridgehead atoms. The molecule has 96 valence electrons. The van der Waals surface area contributed by atoms with Crippen molar-refractivity contribution >= 4 is 0 Å². The lowest BCUT2D eigenvalue weighted by molar-refractivity contribution is 0.535. The summed E-state index contributed by atoms with van der Waals surface area (Å²) in [6.07, 6.45) is 13.7. The number of nitrogens with zero attached hydrogens (tertiary/aromatic N) is 2. The molecule has 0 saturated carbocycles. The molecule has 1 aromatic heterocycles. The SMILES string of the molecule is CCCCCCCCCC(N)c1ccncn1. The van der Waals surface area contributed by atoms with Crippen molar-refractivity contribution < 1.29 is 0 Å². The second kappa shape index (κ2) is 9.11. The molecule has 0 amide bonds. The fourth-order valence-corrected chi connectivity index (χ4v) is 1.99. The van der Waals surface area contributed by atoms with E-state index in [1.54, 1.807) is 12.5 Å². The quantitative estimate of drug-likeness (QED) is 0.665. The van der Waals surface area contributed by atoms with Crippen LogP contribution in [0.1, 0.15) is 70.0 Å². The summed E-state index contributed by atoms with van der Waals surface area (Å²) in [5.41, 5.74) is 7.03. The van der Waals surface area contributed by atoms with Gasteiger partial charge in [0.05, 0.1) is 5.69 Å². The number of hydrogen-bond acceptors (Lipinski definition) is 3. The Bertz CT molecular complexity index is 274. The minimum absolute atomic E-state index is 0.0774. The van der Waals surface area contributed by atoms with Crippen LogP contribution >= 0.6 is 0 Å². The highest BCUT2D eigenvalue weighted by Crippen LogP contribution is 2.15. The molecule has 0 aliphatic carbocycles. The van der Waals surface area contributed by atoms with Gasteiger partial charge in [-0.3, -0.25) is 0 Å². The summed E-state index contributed by atoms with van der Waals surface area (Å²) in [5.74, 6) is 0. The van der Waals surface area contributed by atoms with Crippen molar-refractivity contribution in [2.75, 3.05) is 0 Å². The first-order valence-electron chi connectivity index (χ1n) is 6.86. The van der Waals surface area contributed by atoms with Gasteiger partial charge in [0.25, 0.3) is 0 Å². The molecule has 0 aliphatic heterocycles. The van der Waals surface area contributed by atoms with E-state index < -0.39 is 0 Å². The van der Waals surface area contributed by atoms with Crippen LogP contribution in [0.4, 0.5) is 0 Å². The van der Waals surface area contributed by atoms with Crippen molar-refractivity contribution in [2.45, 2.75) is 64.3 Å². The fourth-order valence-electron chi connectivity index (χ4n) is 1.99. The van der Waals surface area contributed by atoms with Crippen LogP contribution < -0.4 is 5.73 Å². The summed E-state index contributed by atoms with van der Waals surface area (Å²) in [6, 6.07) is 1.99. The lowest BCUT2D eigenvalue weighted by Crippen LogP contribution is -2.11. The normalized spacial score (nSPS) is 12.6. The lowest BCUT2D eigenvalue weighted by Gasteiger charge is -2.10. The summed E-state index contributed by atoms with van der Waals surface area (Å²) >= 11 is 0.